The van der Waals surface area contributed by atoms with Crippen molar-refractivity contribution in [2.45, 2.75) is 0 Å². The molecule has 3 heteroatoms. The number of halogens is 2. The van der Waals surface area contributed by atoms with Crippen LogP contribution in [0.2, 0.25) is 10.0 Å². The fourth-order valence-electron chi connectivity index (χ4n) is 0.593. The molecule has 1 aromatic rings. The predicted molar refractivity (Wildman–Crippen MR) is 41.8 cm³/mol. The van der Waals surface area contributed by atoms with Crippen molar-refractivity contribution in [2.24, 2.45) is 0 Å². The molecule has 53 valence electrons. The minimum absolute atomic E-state index is 0.449. The lowest BCUT2D eigenvalue weighted by Gasteiger charge is -1.96. The molecule has 0 atom stereocenters. The Balaban J connectivity index is 3.04. The summed E-state index contributed by atoms with van der Waals surface area (Å²) in [6.45, 7) is 0.974. The molecule has 0 unspecified atom stereocenters. The second kappa shape index (κ2) is 3.24. The zero-order chi connectivity index (χ0) is 7.56. The molecule has 1 radical (unpaired) electrons. The van der Waals surface area contributed by atoms with E-state index in [1.54, 1.807) is 18.2 Å². The highest BCUT2D eigenvalue weighted by Gasteiger charge is 1.97. The molecule has 0 aliphatic heterocycles. The lowest BCUT2D eigenvalue weighted by molar-refractivity contribution is 0.415. The quantitative estimate of drug-likeness (QED) is 0.697. The molecule has 1 aromatic carbocycles. The van der Waals surface area contributed by atoms with Gasteiger partial charge in [0.2, 0.25) is 0 Å². The van der Waals surface area contributed by atoms with Gasteiger partial charge in [0.25, 0.3) is 0 Å². The maximum atomic E-state index is 8.53. The molecule has 1 N–H and O–H groups in total. The fourth-order valence-corrected chi connectivity index (χ4v) is 0.899. The van der Waals surface area contributed by atoms with Crippen LogP contribution in [-0.2, 0) is 0 Å². The standard InChI is InChI=1S/C7H5Cl2O/c8-6-2-1-5(4-10)3-7(6)9/h1-4,10H. The summed E-state index contributed by atoms with van der Waals surface area (Å²) in [4.78, 5) is 0. The van der Waals surface area contributed by atoms with Crippen LogP contribution in [0.4, 0.5) is 0 Å². The van der Waals surface area contributed by atoms with Crippen LogP contribution >= 0.6 is 23.2 Å². The van der Waals surface area contributed by atoms with Gasteiger partial charge in [-0.3, -0.25) is 0 Å². The van der Waals surface area contributed by atoms with Crippen LogP contribution < -0.4 is 0 Å². The van der Waals surface area contributed by atoms with E-state index in [4.69, 9.17) is 28.3 Å². The molecule has 10 heavy (non-hydrogen) atoms. The summed E-state index contributed by atoms with van der Waals surface area (Å²) in [5.41, 5.74) is 0.648. The summed E-state index contributed by atoms with van der Waals surface area (Å²) in [7, 11) is 0. The lowest BCUT2D eigenvalue weighted by atomic mass is 10.2. The molecule has 0 amide bonds. The summed E-state index contributed by atoms with van der Waals surface area (Å²) in [5, 5.41) is 9.47. The molecule has 0 aliphatic carbocycles. The molecular formula is C7H5Cl2O. The van der Waals surface area contributed by atoms with Gasteiger partial charge < -0.3 is 5.11 Å². The summed E-state index contributed by atoms with van der Waals surface area (Å²) in [6.07, 6.45) is 0. The van der Waals surface area contributed by atoms with Gasteiger partial charge in [0, 0.05) is 0 Å². The zero-order valence-electron chi connectivity index (χ0n) is 5.01. The van der Waals surface area contributed by atoms with Crippen molar-refractivity contribution in [3.8, 4) is 0 Å². The molecule has 1 nitrogen and oxygen atoms in total. The van der Waals surface area contributed by atoms with Gasteiger partial charge >= 0.3 is 0 Å². The van der Waals surface area contributed by atoms with Crippen molar-refractivity contribution in [1.82, 2.24) is 0 Å². The average Bonchev–Trinajstić information content (AvgIpc) is 1.95. The van der Waals surface area contributed by atoms with Gasteiger partial charge in [-0.2, -0.15) is 0 Å². The third-order valence-corrected chi connectivity index (χ3v) is 1.83. The number of hydrogen-bond donors (Lipinski definition) is 1. The molecule has 0 aromatic heterocycles. The van der Waals surface area contributed by atoms with Crippen molar-refractivity contribution in [3.63, 3.8) is 0 Å². The maximum Gasteiger partial charge on any atom is 0.109 e. The second-order valence-electron chi connectivity index (χ2n) is 1.80. The number of aliphatic hydroxyl groups excluding tert-OH is 1. The number of benzene rings is 1. The Morgan fingerprint density at radius 1 is 1.20 bits per heavy atom. The first-order valence-corrected chi connectivity index (χ1v) is 3.42. The Hall–Kier alpha value is -0.240. The van der Waals surface area contributed by atoms with E-state index < -0.39 is 0 Å². The summed E-state index contributed by atoms with van der Waals surface area (Å²) < 4.78 is 0. The third kappa shape index (κ3) is 1.63. The first-order valence-electron chi connectivity index (χ1n) is 2.66. The Kier molecular flexibility index (Phi) is 2.55. The van der Waals surface area contributed by atoms with Crippen LogP contribution in [0.3, 0.4) is 0 Å². The molecule has 0 saturated carbocycles. The van der Waals surface area contributed by atoms with E-state index in [0.717, 1.165) is 6.61 Å². The molecule has 0 bridgehead atoms. The number of hydrogen-bond acceptors (Lipinski definition) is 1. The van der Waals surface area contributed by atoms with Crippen LogP contribution in [0.25, 0.3) is 0 Å². The Labute approximate surface area is 69.2 Å². The fraction of sp³-hybridized carbons (Fsp3) is 0. The summed E-state index contributed by atoms with van der Waals surface area (Å²) >= 11 is 11.2. The van der Waals surface area contributed by atoms with Gasteiger partial charge in [-0.15, -0.1) is 0 Å². The van der Waals surface area contributed by atoms with E-state index in [-0.39, 0.29) is 0 Å². The highest BCUT2D eigenvalue weighted by molar-refractivity contribution is 6.42. The lowest BCUT2D eigenvalue weighted by Crippen LogP contribution is -1.78. The largest absolute Gasteiger partial charge is 0.385 e. The monoisotopic (exact) mass is 175 g/mol. The van der Waals surface area contributed by atoms with Gasteiger partial charge in [0.05, 0.1) is 10.0 Å². The van der Waals surface area contributed by atoms with Gasteiger partial charge in [-0.05, 0) is 17.7 Å². The van der Waals surface area contributed by atoms with Gasteiger partial charge in [0.15, 0.2) is 0 Å². The molecule has 0 saturated heterocycles. The van der Waals surface area contributed by atoms with Crippen LogP contribution in [0.5, 0.6) is 0 Å². The molecule has 0 heterocycles. The Bertz CT molecular complexity index is 235. The molecular weight excluding hydrogens is 171 g/mol. The summed E-state index contributed by atoms with van der Waals surface area (Å²) in [5.74, 6) is 0. The highest BCUT2D eigenvalue weighted by Crippen LogP contribution is 2.22. The van der Waals surface area contributed by atoms with E-state index in [2.05, 4.69) is 0 Å². The van der Waals surface area contributed by atoms with Crippen LogP contribution in [0, 0.1) is 6.61 Å². The Morgan fingerprint density at radius 2 is 1.90 bits per heavy atom. The topological polar surface area (TPSA) is 20.2 Å². The van der Waals surface area contributed by atoms with Crippen molar-refractivity contribution in [2.75, 3.05) is 0 Å². The minimum Gasteiger partial charge on any atom is -0.385 e. The summed E-state index contributed by atoms with van der Waals surface area (Å²) in [6, 6.07) is 4.89. The zero-order valence-corrected chi connectivity index (χ0v) is 6.52. The van der Waals surface area contributed by atoms with E-state index >= 15 is 0 Å². The molecule has 1 rings (SSSR count). The second-order valence-corrected chi connectivity index (χ2v) is 2.62. The van der Waals surface area contributed by atoms with Crippen molar-refractivity contribution >= 4 is 23.2 Å². The van der Waals surface area contributed by atoms with Crippen molar-refractivity contribution in [3.05, 3.63) is 40.4 Å². The first kappa shape index (κ1) is 7.86. The minimum atomic E-state index is 0.449. The van der Waals surface area contributed by atoms with Crippen LogP contribution in [0.1, 0.15) is 5.56 Å². The van der Waals surface area contributed by atoms with E-state index in [1.165, 1.54) is 0 Å². The van der Waals surface area contributed by atoms with Gasteiger partial charge in [-0.25, -0.2) is 0 Å². The van der Waals surface area contributed by atoms with Crippen LogP contribution in [-0.4, -0.2) is 5.11 Å². The maximum absolute atomic E-state index is 8.53. The highest BCUT2D eigenvalue weighted by atomic mass is 35.5. The molecule has 0 fully saturated rings. The third-order valence-electron chi connectivity index (χ3n) is 1.09. The SMILES string of the molecule is O[CH]c1ccc(Cl)c(Cl)c1. The van der Waals surface area contributed by atoms with Crippen molar-refractivity contribution < 1.29 is 5.11 Å². The van der Waals surface area contributed by atoms with E-state index in [0.29, 0.717) is 15.6 Å². The average molecular weight is 176 g/mol. The van der Waals surface area contributed by atoms with E-state index in [9.17, 15) is 0 Å². The smallest absolute Gasteiger partial charge is 0.109 e. The van der Waals surface area contributed by atoms with Gasteiger partial charge in [0.1, 0.15) is 6.61 Å². The predicted octanol–water partition coefficient (Wildman–Crippen LogP) is 2.88. The molecule has 0 spiro atoms. The van der Waals surface area contributed by atoms with Crippen molar-refractivity contribution in [1.29, 1.82) is 0 Å². The first-order chi connectivity index (χ1) is 4.74. The number of aliphatic hydroxyl groups is 1. The number of rotatable bonds is 1. The van der Waals surface area contributed by atoms with Gasteiger partial charge in [-0.1, -0.05) is 29.3 Å². The Morgan fingerprint density at radius 3 is 2.40 bits per heavy atom. The van der Waals surface area contributed by atoms with E-state index in [1.807, 2.05) is 0 Å². The van der Waals surface area contributed by atoms with Crippen LogP contribution in [0.15, 0.2) is 18.2 Å². The molecule has 0 aliphatic rings. The normalized spacial score (nSPS) is 9.90.